The Labute approximate surface area is 120 Å². The van der Waals surface area contributed by atoms with E-state index in [1.54, 1.807) is 42.5 Å². The molecule has 1 amide bonds. The SMILES string of the molecule is N#Cc1cccc(NC(=O)c2cccc(Cl)c2Cl)c1. The molecule has 2 aromatic carbocycles. The van der Waals surface area contributed by atoms with E-state index in [4.69, 9.17) is 28.5 Å². The third-order valence-electron chi connectivity index (χ3n) is 2.45. The van der Waals surface area contributed by atoms with Gasteiger partial charge in [0.1, 0.15) is 0 Å². The minimum Gasteiger partial charge on any atom is -0.322 e. The van der Waals surface area contributed by atoms with Gasteiger partial charge in [-0.25, -0.2) is 0 Å². The summed E-state index contributed by atoms with van der Waals surface area (Å²) in [5.74, 6) is -0.373. The second kappa shape index (κ2) is 5.75. The first-order valence-corrected chi connectivity index (χ1v) is 6.13. The maximum Gasteiger partial charge on any atom is 0.257 e. The van der Waals surface area contributed by atoms with Crippen LogP contribution in [0.2, 0.25) is 10.0 Å². The average molecular weight is 291 g/mol. The molecule has 0 unspecified atom stereocenters. The second-order valence-electron chi connectivity index (χ2n) is 3.75. The molecule has 0 bridgehead atoms. The maximum atomic E-state index is 12.0. The number of nitrogens with one attached hydrogen (secondary N) is 1. The van der Waals surface area contributed by atoms with Gasteiger partial charge in [0.05, 0.1) is 27.2 Å². The van der Waals surface area contributed by atoms with E-state index in [1.165, 1.54) is 0 Å². The van der Waals surface area contributed by atoms with Crippen LogP contribution in [0.3, 0.4) is 0 Å². The van der Waals surface area contributed by atoms with Crippen molar-refractivity contribution in [3.8, 4) is 6.07 Å². The quantitative estimate of drug-likeness (QED) is 0.905. The summed E-state index contributed by atoms with van der Waals surface area (Å²) in [6.45, 7) is 0. The van der Waals surface area contributed by atoms with Crippen molar-refractivity contribution in [3.63, 3.8) is 0 Å². The van der Waals surface area contributed by atoms with E-state index >= 15 is 0 Å². The van der Waals surface area contributed by atoms with Crippen LogP contribution in [0.15, 0.2) is 42.5 Å². The van der Waals surface area contributed by atoms with Gasteiger partial charge in [-0.05, 0) is 30.3 Å². The molecule has 0 saturated heterocycles. The lowest BCUT2D eigenvalue weighted by atomic mass is 10.2. The van der Waals surface area contributed by atoms with E-state index in [0.29, 0.717) is 16.3 Å². The lowest BCUT2D eigenvalue weighted by molar-refractivity contribution is 0.102. The zero-order chi connectivity index (χ0) is 13.8. The van der Waals surface area contributed by atoms with Gasteiger partial charge in [0.2, 0.25) is 0 Å². The molecule has 0 aliphatic heterocycles. The second-order valence-corrected chi connectivity index (χ2v) is 4.53. The predicted molar refractivity (Wildman–Crippen MR) is 75.6 cm³/mol. The van der Waals surface area contributed by atoms with Crippen LogP contribution in [0, 0.1) is 11.3 Å². The molecule has 0 aromatic heterocycles. The highest BCUT2D eigenvalue weighted by molar-refractivity contribution is 6.44. The molecule has 2 rings (SSSR count). The van der Waals surface area contributed by atoms with Crippen molar-refractivity contribution in [2.24, 2.45) is 0 Å². The first-order chi connectivity index (χ1) is 9.11. The predicted octanol–water partition coefficient (Wildman–Crippen LogP) is 4.12. The van der Waals surface area contributed by atoms with E-state index < -0.39 is 0 Å². The van der Waals surface area contributed by atoms with Gasteiger partial charge in [-0.1, -0.05) is 35.3 Å². The van der Waals surface area contributed by atoms with E-state index in [9.17, 15) is 4.79 Å². The molecule has 0 saturated carbocycles. The lowest BCUT2D eigenvalue weighted by Gasteiger charge is -2.07. The Hall–Kier alpha value is -2.02. The van der Waals surface area contributed by atoms with Crippen molar-refractivity contribution >= 4 is 34.8 Å². The summed E-state index contributed by atoms with van der Waals surface area (Å²) in [6, 6.07) is 13.5. The summed E-state index contributed by atoms with van der Waals surface area (Å²) in [4.78, 5) is 12.0. The summed E-state index contributed by atoms with van der Waals surface area (Å²) in [6.07, 6.45) is 0. The molecule has 3 nitrogen and oxygen atoms in total. The number of anilines is 1. The first kappa shape index (κ1) is 13.4. The van der Waals surface area contributed by atoms with Gasteiger partial charge in [-0.15, -0.1) is 0 Å². The molecular weight excluding hydrogens is 283 g/mol. The van der Waals surface area contributed by atoms with Crippen molar-refractivity contribution in [3.05, 3.63) is 63.6 Å². The fourth-order valence-corrected chi connectivity index (χ4v) is 1.93. The Morgan fingerprint density at radius 1 is 1.16 bits per heavy atom. The number of hydrogen-bond donors (Lipinski definition) is 1. The number of nitrogens with zero attached hydrogens (tertiary/aromatic N) is 1. The topological polar surface area (TPSA) is 52.9 Å². The minimum absolute atomic E-state index is 0.207. The molecular formula is C14H8Cl2N2O. The number of amides is 1. The molecule has 0 aliphatic rings. The normalized spacial score (nSPS) is 9.74. The van der Waals surface area contributed by atoms with E-state index in [2.05, 4.69) is 5.32 Å². The van der Waals surface area contributed by atoms with E-state index in [0.717, 1.165) is 0 Å². The zero-order valence-corrected chi connectivity index (χ0v) is 11.2. The highest BCUT2D eigenvalue weighted by Crippen LogP contribution is 2.26. The molecule has 0 atom stereocenters. The number of benzene rings is 2. The van der Waals surface area contributed by atoms with Crippen LogP contribution in [0.4, 0.5) is 5.69 Å². The number of carbonyl (C=O) groups excluding carboxylic acids is 1. The van der Waals surface area contributed by atoms with Gasteiger partial charge in [0, 0.05) is 5.69 Å². The van der Waals surface area contributed by atoms with Crippen molar-refractivity contribution in [2.75, 3.05) is 5.32 Å². The first-order valence-electron chi connectivity index (χ1n) is 5.37. The van der Waals surface area contributed by atoms with Crippen molar-refractivity contribution in [2.45, 2.75) is 0 Å². The summed E-state index contributed by atoms with van der Waals surface area (Å²) in [5, 5.41) is 12.0. The van der Waals surface area contributed by atoms with Crippen LogP contribution in [0.1, 0.15) is 15.9 Å². The highest BCUT2D eigenvalue weighted by Gasteiger charge is 2.12. The van der Waals surface area contributed by atoms with E-state index in [-0.39, 0.29) is 16.5 Å². The molecule has 5 heteroatoms. The number of carbonyl (C=O) groups is 1. The minimum atomic E-state index is -0.373. The Morgan fingerprint density at radius 3 is 2.63 bits per heavy atom. The van der Waals surface area contributed by atoms with Gasteiger partial charge < -0.3 is 5.32 Å². The smallest absolute Gasteiger partial charge is 0.257 e. The molecule has 0 aliphatic carbocycles. The molecule has 2 aromatic rings. The third kappa shape index (κ3) is 3.05. The van der Waals surface area contributed by atoms with Gasteiger partial charge in [0.25, 0.3) is 5.91 Å². The fourth-order valence-electron chi connectivity index (χ4n) is 1.54. The number of halogens is 2. The maximum absolute atomic E-state index is 12.0. The van der Waals surface area contributed by atoms with Gasteiger partial charge in [0.15, 0.2) is 0 Å². The van der Waals surface area contributed by atoms with Crippen LogP contribution in [0.5, 0.6) is 0 Å². The molecule has 19 heavy (non-hydrogen) atoms. The highest BCUT2D eigenvalue weighted by atomic mass is 35.5. The number of rotatable bonds is 2. The zero-order valence-electron chi connectivity index (χ0n) is 9.65. The molecule has 0 fully saturated rings. The number of hydrogen-bond acceptors (Lipinski definition) is 2. The molecule has 94 valence electrons. The van der Waals surface area contributed by atoms with Crippen molar-refractivity contribution in [1.29, 1.82) is 5.26 Å². The summed E-state index contributed by atoms with van der Waals surface area (Å²) in [7, 11) is 0. The Balaban J connectivity index is 2.26. The summed E-state index contributed by atoms with van der Waals surface area (Å²) in [5.41, 5.74) is 1.28. The Morgan fingerprint density at radius 2 is 1.89 bits per heavy atom. The Kier molecular flexibility index (Phi) is 4.06. The largest absolute Gasteiger partial charge is 0.322 e. The van der Waals surface area contributed by atoms with Crippen LogP contribution >= 0.6 is 23.2 Å². The average Bonchev–Trinajstić information content (AvgIpc) is 2.42. The monoisotopic (exact) mass is 290 g/mol. The van der Waals surface area contributed by atoms with Crippen molar-refractivity contribution in [1.82, 2.24) is 0 Å². The van der Waals surface area contributed by atoms with Crippen LogP contribution in [-0.2, 0) is 0 Å². The third-order valence-corrected chi connectivity index (χ3v) is 3.26. The molecule has 0 spiro atoms. The summed E-state index contributed by atoms with van der Waals surface area (Å²) < 4.78 is 0. The lowest BCUT2D eigenvalue weighted by Crippen LogP contribution is -2.12. The van der Waals surface area contributed by atoms with Gasteiger partial charge >= 0.3 is 0 Å². The fraction of sp³-hybridized carbons (Fsp3) is 0. The molecule has 0 heterocycles. The standard InChI is InChI=1S/C14H8Cl2N2O/c15-12-6-2-5-11(13(12)16)14(19)18-10-4-1-3-9(7-10)8-17/h1-7H,(H,18,19). The molecule has 0 radical (unpaired) electrons. The summed E-state index contributed by atoms with van der Waals surface area (Å²) >= 11 is 11.8. The van der Waals surface area contributed by atoms with Crippen LogP contribution < -0.4 is 5.32 Å². The number of nitriles is 1. The van der Waals surface area contributed by atoms with Crippen molar-refractivity contribution < 1.29 is 4.79 Å². The van der Waals surface area contributed by atoms with Crippen LogP contribution in [0.25, 0.3) is 0 Å². The van der Waals surface area contributed by atoms with Gasteiger partial charge in [-0.2, -0.15) is 5.26 Å². The van der Waals surface area contributed by atoms with Gasteiger partial charge in [-0.3, -0.25) is 4.79 Å². The Bertz CT molecular complexity index is 677. The van der Waals surface area contributed by atoms with E-state index in [1.807, 2.05) is 6.07 Å². The van der Waals surface area contributed by atoms with Crippen LogP contribution in [-0.4, -0.2) is 5.91 Å². The molecule has 1 N–H and O–H groups in total.